The van der Waals surface area contributed by atoms with Gasteiger partial charge in [-0.2, -0.15) is 0 Å². The molecule has 0 aromatic heterocycles. The molecular weight excluding hydrogens is 380 g/mol. The highest BCUT2D eigenvalue weighted by Gasteiger charge is 2.39. The number of nitrogens with zero attached hydrogens (tertiary/aromatic N) is 3. The first-order chi connectivity index (χ1) is 13.5. The average molecular weight is 409 g/mol. The van der Waals surface area contributed by atoms with Crippen LogP contribution in [0.5, 0.6) is 0 Å². The molecule has 28 heavy (non-hydrogen) atoms. The second-order valence-electron chi connectivity index (χ2n) is 7.88. The Morgan fingerprint density at radius 2 is 1.93 bits per heavy atom. The molecule has 1 N–H and O–H groups in total. The molecule has 0 atom stereocenters. The van der Waals surface area contributed by atoms with Gasteiger partial charge in [-0.05, 0) is 25.0 Å². The Morgan fingerprint density at radius 1 is 1.18 bits per heavy atom. The molecular formula is C19H28N4O4S. The quantitative estimate of drug-likeness (QED) is 0.734. The minimum atomic E-state index is -3.51. The molecule has 4 rings (SSSR count). The Hall–Kier alpha value is -1.71. The van der Waals surface area contributed by atoms with Gasteiger partial charge >= 0.3 is 0 Å². The zero-order valence-electron chi connectivity index (χ0n) is 16.1. The van der Waals surface area contributed by atoms with Crippen LogP contribution in [-0.2, 0) is 19.6 Å². The third kappa shape index (κ3) is 4.01. The Balaban J connectivity index is 1.50. The Bertz CT molecular complexity index is 806. The van der Waals surface area contributed by atoms with Crippen LogP contribution in [0.15, 0.2) is 28.3 Å². The van der Waals surface area contributed by atoms with Crippen LogP contribution in [0.4, 0.5) is 0 Å². The molecule has 9 heteroatoms. The molecule has 1 saturated heterocycles. The standard InChI is InChI=1S/C19H28N4O4S/c24-18(16-5-4-8-22-11-14-28(25,26)21-17(16)22)20-15-19(6-2-1-3-7-19)23-9-12-27-13-10-23/h4-5,8H,1-3,6-7,9-15H2,(H,20,24). The fourth-order valence-corrected chi connectivity index (χ4v) is 5.57. The summed E-state index contributed by atoms with van der Waals surface area (Å²) in [6, 6.07) is 0. The second kappa shape index (κ2) is 7.96. The van der Waals surface area contributed by atoms with E-state index in [2.05, 4.69) is 14.6 Å². The summed E-state index contributed by atoms with van der Waals surface area (Å²) in [5, 5.41) is 3.09. The van der Waals surface area contributed by atoms with Gasteiger partial charge in [-0.3, -0.25) is 9.69 Å². The van der Waals surface area contributed by atoms with Crippen LogP contribution >= 0.6 is 0 Å². The fraction of sp³-hybridized carbons (Fsp3) is 0.684. The molecule has 2 fully saturated rings. The number of amidine groups is 1. The van der Waals surface area contributed by atoms with Crippen molar-refractivity contribution in [2.24, 2.45) is 4.40 Å². The third-order valence-electron chi connectivity index (χ3n) is 6.15. The van der Waals surface area contributed by atoms with E-state index in [0.29, 0.717) is 18.7 Å². The van der Waals surface area contributed by atoms with Gasteiger partial charge in [-0.25, -0.2) is 8.42 Å². The van der Waals surface area contributed by atoms with E-state index in [9.17, 15) is 13.2 Å². The Labute approximate surface area is 166 Å². The third-order valence-corrected chi connectivity index (χ3v) is 7.30. The van der Waals surface area contributed by atoms with E-state index in [1.165, 1.54) is 6.42 Å². The lowest BCUT2D eigenvalue weighted by molar-refractivity contribution is -0.118. The number of carbonyl (C=O) groups excluding carboxylic acids is 1. The SMILES string of the molecule is O=C(NCC1(N2CCOCC2)CCCCC1)C1=CC=CN2CCS(=O)(=O)N=C12. The molecule has 0 unspecified atom stereocenters. The molecule has 1 aliphatic carbocycles. The van der Waals surface area contributed by atoms with Crippen LogP contribution in [-0.4, -0.2) is 80.6 Å². The molecule has 0 radical (unpaired) electrons. The van der Waals surface area contributed by atoms with E-state index in [1.807, 2.05) is 0 Å². The minimum absolute atomic E-state index is 0.0319. The molecule has 4 aliphatic rings. The van der Waals surface area contributed by atoms with E-state index >= 15 is 0 Å². The lowest BCUT2D eigenvalue weighted by Crippen LogP contribution is -2.60. The van der Waals surface area contributed by atoms with Crippen LogP contribution in [0.1, 0.15) is 32.1 Å². The number of allylic oxidation sites excluding steroid dienone is 2. The van der Waals surface area contributed by atoms with Gasteiger partial charge in [-0.1, -0.05) is 19.3 Å². The first-order valence-electron chi connectivity index (χ1n) is 10.1. The Morgan fingerprint density at radius 3 is 2.68 bits per heavy atom. The number of hydrogen-bond donors (Lipinski definition) is 1. The van der Waals surface area contributed by atoms with E-state index in [0.717, 1.165) is 52.0 Å². The van der Waals surface area contributed by atoms with E-state index in [4.69, 9.17) is 4.74 Å². The van der Waals surface area contributed by atoms with E-state index < -0.39 is 10.0 Å². The number of rotatable bonds is 4. The zero-order chi connectivity index (χ0) is 19.6. The van der Waals surface area contributed by atoms with Crippen molar-refractivity contribution in [2.45, 2.75) is 37.6 Å². The summed E-state index contributed by atoms with van der Waals surface area (Å²) in [6.45, 7) is 4.12. The maximum Gasteiger partial charge on any atom is 0.256 e. The highest BCUT2D eigenvalue weighted by molar-refractivity contribution is 7.90. The molecule has 0 aromatic rings. The number of hydrogen-bond acceptors (Lipinski definition) is 6. The number of amides is 1. The van der Waals surface area contributed by atoms with Gasteiger partial charge in [0, 0.05) is 37.9 Å². The van der Waals surface area contributed by atoms with Crippen LogP contribution in [0.2, 0.25) is 0 Å². The zero-order valence-corrected chi connectivity index (χ0v) is 16.9. The van der Waals surface area contributed by atoms with E-state index in [-0.39, 0.29) is 23.0 Å². The van der Waals surface area contributed by atoms with Gasteiger partial charge < -0.3 is 15.0 Å². The van der Waals surface area contributed by atoms with Gasteiger partial charge in [0.25, 0.3) is 15.9 Å². The molecule has 0 aromatic carbocycles. The predicted molar refractivity (Wildman–Crippen MR) is 106 cm³/mol. The summed E-state index contributed by atoms with van der Waals surface area (Å²) in [6.07, 6.45) is 10.9. The van der Waals surface area contributed by atoms with Crippen LogP contribution in [0.25, 0.3) is 0 Å². The Kier molecular flexibility index (Phi) is 5.57. The number of ether oxygens (including phenoxy) is 1. The molecule has 154 valence electrons. The first-order valence-corrected chi connectivity index (χ1v) is 11.7. The highest BCUT2D eigenvalue weighted by Crippen LogP contribution is 2.34. The molecule has 0 bridgehead atoms. The van der Waals surface area contributed by atoms with Crippen LogP contribution in [0.3, 0.4) is 0 Å². The van der Waals surface area contributed by atoms with Crippen molar-refractivity contribution >= 4 is 21.8 Å². The van der Waals surface area contributed by atoms with Crippen molar-refractivity contribution < 1.29 is 17.9 Å². The molecule has 1 amide bonds. The summed E-state index contributed by atoms with van der Waals surface area (Å²) in [7, 11) is -3.51. The maximum atomic E-state index is 13.0. The maximum absolute atomic E-state index is 13.0. The second-order valence-corrected chi connectivity index (χ2v) is 9.64. The molecule has 3 aliphatic heterocycles. The monoisotopic (exact) mass is 408 g/mol. The summed E-state index contributed by atoms with van der Waals surface area (Å²) < 4.78 is 33.2. The van der Waals surface area contributed by atoms with Crippen molar-refractivity contribution in [3.8, 4) is 0 Å². The summed E-state index contributed by atoms with van der Waals surface area (Å²) in [5.74, 6) is -0.0608. The van der Waals surface area contributed by atoms with Crippen molar-refractivity contribution in [3.63, 3.8) is 0 Å². The lowest BCUT2D eigenvalue weighted by atomic mass is 9.79. The van der Waals surface area contributed by atoms with Crippen molar-refractivity contribution in [1.82, 2.24) is 15.1 Å². The molecule has 1 saturated carbocycles. The molecule has 8 nitrogen and oxygen atoms in total. The number of sulfonamides is 1. The lowest BCUT2D eigenvalue weighted by Gasteiger charge is -2.48. The summed E-state index contributed by atoms with van der Waals surface area (Å²) >= 11 is 0. The van der Waals surface area contributed by atoms with Crippen molar-refractivity contribution in [3.05, 3.63) is 23.9 Å². The highest BCUT2D eigenvalue weighted by atomic mass is 32.2. The summed E-state index contributed by atoms with van der Waals surface area (Å²) in [4.78, 5) is 17.2. The van der Waals surface area contributed by atoms with Crippen molar-refractivity contribution in [1.29, 1.82) is 0 Å². The number of carbonyl (C=O) groups is 1. The van der Waals surface area contributed by atoms with Gasteiger partial charge in [-0.15, -0.1) is 4.40 Å². The van der Waals surface area contributed by atoms with Crippen molar-refractivity contribution in [2.75, 3.05) is 45.1 Å². The average Bonchev–Trinajstić information content (AvgIpc) is 2.72. The normalized spacial score (nSPS) is 26.8. The molecule has 0 spiro atoms. The number of morpholine rings is 1. The van der Waals surface area contributed by atoms with Gasteiger partial charge in [0.05, 0.1) is 24.5 Å². The smallest absolute Gasteiger partial charge is 0.256 e. The molecule has 3 heterocycles. The van der Waals surface area contributed by atoms with Gasteiger partial charge in [0.2, 0.25) is 0 Å². The number of nitrogens with one attached hydrogen (secondary N) is 1. The largest absolute Gasteiger partial charge is 0.379 e. The fourth-order valence-electron chi connectivity index (χ4n) is 4.59. The topological polar surface area (TPSA) is 91.3 Å². The first kappa shape index (κ1) is 19.6. The van der Waals surface area contributed by atoms with Crippen LogP contribution in [0, 0.1) is 0 Å². The predicted octanol–water partition coefficient (Wildman–Crippen LogP) is 0.635. The minimum Gasteiger partial charge on any atom is -0.379 e. The van der Waals surface area contributed by atoms with Gasteiger partial charge in [0.15, 0.2) is 5.84 Å². The van der Waals surface area contributed by atoms with Gasteiger partial charge in [0.1, 0.15) is 0 Å². The number of fused-ring (bicyclic) bond motifs is 1. The van der Waals surface area contributed by atoms with Crippen LogP contribution < -0.4 is 5.32 Å². The van der Waals surface area contributed by atoms with E-state index in [1.54, 1.807) is 23.3 Å². The summed E-state index contributed by atoms with van der Waals surface area (Å²) in [5.41, 5.74) is 0.279.